The molecule has 0 radical (unpaired) electrons. The van der Waals surface area contributed by atoms with Crippen LogP contribution < -0.4 is 5.73 Å². The molecular weight excluding hydrogens is 168 g/mol. The molecular formula is C9H6N2S. The van der Waals surface area contributed by atoms with E-state index in [1.807, 2.05) is 17.5 Å². The third-order valence-corrected chi connectivity index (χ3v) is 2.66. The Kier molecular flexibility index (Phi) is 1.49. The number of nitrogen functional groups attached to an aromatic ring is 1. The lowest BCUT2D eigenvalue weighted by Gasteiger charge is -1.96. The second-order valence-corrected chi connectivity index (χ2v) is 3.42. The van der Waals surface area contributed by atoms with E-state index in [1.165, 1.54) is 0 Å². The minimum atomic E-state index is 0.559. The molecule has 0 aliphatic rings. The summed E-state index contributed by atoms with van der Waals surface area (Å²) in [5.41, 5.74) is 6.79. The van der Waals surface area contributed by atoms with Crippen molar-refractivity contribution in [2.24, 2.45) is 0 Å². The van der Waals surface area contributed by atoms with Gasteiger partial charge in [-0.1, -0.05) is 0 Å². The van der Waals surface area contributed by atoms with Crippen LogP contribution in [0.1, 0.15) is 5.56 Å². The molecule has 0 atom stereocenters. The summed E-state index contributed by atoms with van der Waals surface area (Å²) in [6.45, 7) is 0. The third kappa shape index (κ3) is 0.858. The van der Waals surface area contributed by atoms with E-state index >= 15 is 0 Å². The molecule has 0 saturated carbocycles. The van der Waals surface area contributed by atoms with Gasteiger partial charge in [0.2, 0.25) is 0 Å². The fourth-order valence-corrected chi connectivity index (χ4v) is 1.98. The van der Waals surface area contributed by atoms with Crippen LogP contribution in [0.5, 0.6) is 0 Å². The molecule has 0 amide bonds. The monoisotopic (exact) mass is 174 g/mol. The van der Waals surface area contributed by atoms with Crippen LogP contribution in [-0.2, 0) is 0 Å². The number of hydrogen-bond donors (Lipinski definition) is 1. The van der Waals surface area contributed by atoms with Crippen LogP contribution in [-0.4, -0.2) is 0 Å². The predicted molar refractivity (Wildman–Crippen MR) is 51.0 cm³/mol. The zero-order valence-electron chi connectivity index (χ0n) is 6.24. The Bertz CT molecular complexity index is 465. The lowest BCUT2D eigenvalue weighted by Crippen LogP contribution is -1.89. The van der Waals surface area contributed by atoms with Crippen molar-refractivity contribution in [1.82, 2.24) is 0 Å². The highest BCUT2D eigenvalue weighted by atomic mass is 32.1. The molecule has 0 aliphatic heterocycles. The maximum atomic E-state index is 8.81. The lowest BCUT2D eigenvalue weighted by atomic mass is 10.1. The van der Waals surface area contributed by atoms with Crippen molar-refractivity contribution in [3.05, 3.63) is 29.1 Å². The maximum Gasteiger partial charge on any atom is 0.102 e. The third-order valence-electron chi connectivity index (χ3n) is 1.78. The fourth-order valence-electron chi connectivity index (χ4n) is 1.19. The van der Waals surface area contributed by atoms with Crippen LogP contribution in [0.25, 0.3) is 10.1 Å². The summed E-state index contributed by atoms with van der Waals surface area (Å²) in [5.74, 6) is 0. The van der Waals surface area contributed by atoms with Crippen molar-refractivity contribution in [1.29, 1.82) is 5.26 Å². The first-order chi connectivity index (χ1) is 5.83. The van der Waals surface area contributed by atoms with Gasteiger partial charge in [-0.05, 0) is 23.6 Å². The van der Waals surface area contributed by atoms with E-state index < -0.39 is 0 Å². The van der Waals surface area contributed by atoms with Gasteiger partial charge in [-0.2, -0.15) is 5.26 Å². The van der Waals surface area contributed by atoms with Gasteiger partial charge in [0.25, 0.3) is 0 Å². The van der Waals surface area contributed by atoms with Crippen molar-refractivity contribution in [3.63, 3.8) is 0 Å². The van der Waals surface area contributed by atoms with Gasteiger partial charge in [0.05, 0.1) is 11.3 Å². The van der Waals surface area contributed by atoms with Gasteiger partial charge in [-0.25, -0.2) is 0 Å². The number of rotatable bonds is 0. The molecule has 0 saturated heterocycles. The van der Waals surface area contributed by atoms with Crippen LogP contribution in [0.2, 0.25) is 0 Å². The molecule has 2 nitrogen and oxygen atoms in total. The SMILES string of the molecule is N#Cc1c(N)ccc2sccc12. The number of nitrogens with two attached hydrogens (primary N) is 1. The van der Waals surface area contributed by atoms with Gasteiger partial charge in [0.1, 0.15) is 6.07 Å². The Morgan fingerprint density at radius 2 is 2.17 bits per heavy atom. The molecule has 0 unspecified atom stereocenters. The molecule has 2 aromatic rings. The molecule has 0 bridgehead atoms. The number of thiophene rings is 1. The molecule has 3 heteroatoms. The fraction of sp³-hybridized carbons (Fsp3) is 0. The smallest absolute Gasteiger partial charge is 0.102 e. The highest BCUT2D eigenvalue weighted by Crippen LogP contribution is 2.27. The largest absolute Gasteiger partial charge is 0.398 e. The van der Waals surface area contributed by atoms with Gasteiger partial charge in [0, 0.05) is 10.1 Å². The van der Waals surface area contributed by atoms with E-state index in [0.29, 0.717) is 11.3 Å². The van der Waals surface area contributed by atoms with Crippen LogP contribution >= 0.6 is 11.3 Å². The van der Waals surface area contributed by atoms with Crippen molar-refractivity contribution in [3.8, 4) is 6.07 Å². The van der Waals surface area contributed by atoms with Gasteiger partial charge < -0.3 is 5.73 Å². The van der Waals surface area contributed by atoms with Crippen LogP contribution in [0, 0.1) is 11.3 Å². The zero-order chi connectivity index (χ0) is 8.55. The van der Waals surface area contributed by atoms with Crippen LogP contribution in [0.15, 0.2) is 23.6 Å². The molecule has 0 spiro atoms. The number of nitriles is 1. The van der Waals surface area contributed by atoms with Crippen molar-refractivity contribution < 1.29 is 0 Å². The Balaban J connectivity index is 2.94. The average Bonchev–Trinajstić information content (AvgIpc) is 2.52. The highest BCUT2D eigenvalue weighted by Gasteiger charge is 2.04. The van der Waals surface area contributed by atoms with Gasteiger partial charge in [-0.15, -0.1) is 11.3 Å². The molecule has 0 fully saturated rings. The summed E-state index contributed by atoms with van der Waals surface area (Å²) >= 11 is 1.62. The standard InChI is InChI=1S/C9H6N2S/c10-5-7-6-3-4-12-9(6)2-1-8(7)11/h1-4H,11H2. The van der Waals surface area contributed by atoms with Gasteiger partial charge in [0.15, 0.2) is 0 Å². The molecule has 0 aliphatic carbocycles. The van der Waals surface area contributed by atoms with Crippen molar-refractivity contribution in [2.45, 2.75) is 0 Å². The van der Waals surface area contributed by atoms with Gasteiger partial charge in [-0.3, -0.25) is 0 Å². The summed E-state index contributed by atoms with van der Waals surface area (Å²) in [7, 11) is 0. The Morgan fingerprint density at radius 3 is 2.92 bits per heavy atom. The highest BCUT2D eigenvalue weighted by molar-refractivity contribution is 7.17. The van der Waals surface area contributed by atoms with Crippen molar-refractivity contribution in [2.75, 3.05) is 5.73 Å². The first-order valence-electron chi connectivity index (χ1n) is 3.48. The normalized spacial score (nSPS) is 9.92. The Morgan fingerprint density at radius 1 is 1.33 bits per heavy atom. The summed E-state index contributed by atoms with van der Waals surface area (Å²) < 4.78 is 1.11. The van der Waals surface area contributed by atoms with Crippen LogP contribution in [0.3, 0.4) is 0 Å². The molecule has 1 aromatic heterocycles. The first kappa shape index (κ1) is 7.14. The summed E-state index contributed by atoms with van der Waals surface area (Å²) in [4.78, 5) is 0. The topological polar surface area (TPSA) is 49.8 Å². The number of anilines is 1. The molecule has 12 heavy (non-hydrogen) atoms. The zero-order valence-corrected chi connectivity index (χ0v) is 7.06. The molecule has 1 aromatic carbocycles. The Hall–Kier alpha value is -1.53. The number of hydrogen-bond acceptors (Lipinski definition) is 3. The van der Waals surface area contributed by atoms with E-state index in [9.17, 15) is 0 Å². The Labute approximate surface area is 73.9 Å². The number of fused-ring (bicyclic) bond motifs is 1. The molecule has 58 valence electrons. The minimum Gasteiger partial charge on any atom is -0.398 e. The number of benzene rings is 1. The van der Waals surface area contributed by atoms with E-state index in [0.717, 1.165) is 10.1 Å². The van der Waals surface area contributed by atoms with E-state index in [1.54, 1.807) is 17.4 Å². The van der Waals surface area contributed by atoms with Crippen LogP contribution in [0.4, 0.5) is 5.69 Å². The molecule has 1 heterocycles. The second-order valence-electron chi connectivity index (χ2n) is 2.47. The lowest BCUT2D eigenvalue weighted by molar-refractivity contribution is 1.51. The summed E-state index contributed by atoms with van der Waals surface area (Å²) in [6, 6.07) is 7.75. The molecule has 2 N–H and O–H groups in total. The van der Waals surface area contributed by atoms with E-state index in [4.69, 9.17) is 11.0 Å². The minimum absolute atomic E-state index is 0.559. The van der Waals surface area contributed by atoms with Gasteiger partial charge >= 0.3 is 0 Å². The predicted octanol–water partition coefficient (Wildman–Crippen LogP) is 2.36. The summed E-state index contributed by atoms with van der Waals surface area (Å²) in [5, 5.41) is 11.7. The number of nitrogens with zero attached hydrogens (tertiary/aromatic N) is 1. The maximum absolute atomic E-state index is 8.81. The van der Waals surface area contributed by atoms with E-state index in [-0.39, 0.29) is 0 Å². The first-order valence-corrected chi connectivity index (χ1v) is 4.36. The summed E-state index contributed by atoms with van der Waals surface area (Å²) in [6.07, 6.45) is 0. The second kappa shape index (κ2) is 2.50. The molecule has 2 rings (SSSR count). The van der Waals surface area contributed by atoms with Crippen molar-refractivity contribution >= 4 is 27.1 Å². The van der Waals surface area contributed by atoms with E-state index in [2.05, 4.69) is 6.07 Å². The quantitative estimate of drug-likeness (QED) is 0.623. The average molecular weight is 174 g/mol.